The molecule has 0 saturated carbocycles. The van der Waals surface area contributed by atoms with Crippen LogP contribution in [0.25, 0.3) is 0 Å². The Labute approximate surface area is 92.3 Å². The number of benzene rings is 1. The Kier molecular flexibility index (Phi) is 3.58. The number of carbonyl (C=O) groups excluding carboxylic acids is 1. The molecule has 0 atom stereocenters. The Morgan fingerprint density at radius 2 is 1.62 bits per heavy atom. The maximum absolute atomic E-state index is 11.9. The first-order chi connectivity index (χ1) is 7.30. The molecular formula is C9H5F3O3S. The molecule has 1 N–H and O–H groups in total. The van der Waals surface area contributed by atoms with E-state index < -0.39 is 17.3 Å². The molecule has 0 aliphatic rings. The number of rotatable bonds is 2. The first-order valence-corrected chi connectivity index (χ1v) is 4.74. The van der Waals surface area contributed by atoms with Gasteiger partial charge in [-0.3, -0.25) is 4.79 Å². The van der Waals surface area contributed by atoms with Crippen LogP contribution in [0.1, 0.15) is 10.4 Å². The van der Waals surface area contributed by atoms with Crippen molar-refractivity contribution in [2.75, 3.05) is 0 Å². The van der Waals surface area contributed by atoms with Crippen molar-refractivity contribution in [1.82, 2.24) is 0 Å². The fraction of sp³-hybridized carbons (Fsp3) is 0.111. The number of thioether (sulfide) groups is 1. The van der Waals surface area contributed by atoms with Gasteiger partial charge in [-0.05, 0) is 36.0 Å². The fourth-order valence-electron chi connectivity index (χ4n) is 0.830. The summed E-state index contributed by atoms with van der Waals surface area (Å²) in [7, 11) is 0. The predicted octanol–water partition coefficient (Wildman–Crippen LogP) is 2.57. The molecule has 0 spiro atoms. The van der Waals surface area contributed by atoms with Crippen molar-refractivity contribution in [3.63, 3.8) is 0 Å². The third kappa shape index (κ3) is 3.27. The van der Waals surface area contributed by atoms with E-state index in [4.69, 9.17) is 5.11 Å². The van der Waals surface area contributed by atoms with Crippen molar-refractivity contribution in [3.8, 4) is 0 Å². The number of alkyl halides is 3. The Hall–Kier alpha value is -1.50. The summed E-state index contributed by atoms with van der Waals surface area (Å²) < 4.78 is 35.6. The predicted molar refractivity (Wildman–Crippen MR) is 50.3 cm³/mol. The second-order valence-corrected chi connectivity index (χ2v) is 3.76. The van der Waals surface area contributed by atoms with Gasteiger partial charge in [0.1, 0.15) is 0 Å². The van der Waals surface area contributed by atoms with Gasteiger partial charge in [-0.25, -0.2) is 4.79 Å². The Morgan fingerprint density at radius 1 is 1.12 bits per heavy atom. The van der Waals surface area contributed by atoms with E-state index in [2.05, 4.69) is 0 Å². The number of carbonyl (C=O) groups is 2. The van der Waals surface area contributed by atoms with Crippen molar-refractivity contribution < 1.29 is 27.9 Å². The van der Waals surface area contributed by atoms with Crippen LogP contribution in [-0.4, -0.2) is 22.4 Å². The molecule has 16 heavy (non-hydrogen) atoms. The van der Waals surface area contributed by atoms with Crippen molar-refractivity contribution >= 4 is 22.8 Å². The lowest BCUT2D eigenvalue weighted by atomic mass is 10.2. The van der Waals surface area contributed by atoms with Gasteiger partial charge in [0.25, 0.3) is 5.12 Å². The van der Waals surface area contributed by atoms with E-state index in [0.717, 1.165) is 24.3 Å². The lowest BCUT2D eigenvalue weighted by Gasteiger charge is -2.04. The number of halogens is 3. The van der Waals surface area contributed by atoms with E-state index in [-0.39, 0.29) is 22.2 Å². The topological polar surface area (TPSA) is 54.4 Å². The highest BCUT2D eigenvalue weighted by atomic mass is 32.2. The molecule has 86 valence electrons. The molecule has 0 unspecified atom stereocenters. The van der Waals surface area contributed by atoms with Gasteiger partial charge < -0.3 is 5.11 Å². The first-order valence-electron chi connectivity index (χ1n) is 3.93. The van der Waals surface area contributed by atoms with Gasteiger partial charge in [-0.2, -0.15) is 13.2 Å². The summed E-state index contributed by atoms with van der Waals surface area (Å²) >= 11 is 0.0141. The van der Waals surface area contributed by atoms with E-state index >= 15 is 0 Å². The molecule has 3 nitrogen and oxygen atoms in total. The molecule has 0 aliphatic carbocycles. The molecule has 0 fully saturated rings. The third-order valence-electron chi connectivity index (χ3n) is 1.54. The van der Waals surface area contributed by atoms with Crippen molar-refractivity contribution in [2.24, 2.45) is 0 Å². The van der Waals surface area contributed by atoms with Crippen LogP contribution in [0.2, 0.25) is 0 Å². The zero-order chi connectivity index (χ0) is 12.3. The number of hydrogen-bond acceptors (Lipinski definition) is 3. The van der Waals surface area contributed by atoms with Gasteiger partial charge in [0.2, 0.25) is 0 Å². The minimum Gasteiger partial charge on any atom is -0.478 e. The quantitative estimate of drug-likeness (QED) is 0.819. The minimum atomic E-state index is -4.89. The molecule has 0 bridgehead atoms. The summed E-state index contributed by atoms with van der Waals surface area (Å²) in [6.45, 7) is 0. The largest absolute Gasteiger partial charge is 0.478 e. The second-order valence-electron chi connectivity index (χ2n) is 2.72. The number of carboxylic acid groups (broad SMARTS) is 1. The van der Waals surface area contributed by atoms with Crippen LogP contribution in [0, 0.1) is 0 Å². The maximum atomic E-state index is 11.9. The standard InChI is InChI=1S/C9H5F3O3S/c10-9(11,12)8(15)16-6-3-1-5(2-4-6)7(13)14/h1-4H,(H,13,14). The molecule has 1 aromatic carbocycles. The summed E-state index contributed by atoms with van der Waals surface area (Å²) in [5, 5.41) is 6.60. The smallest absolute Gasteiger partial charge is 0.461 e. The van der Waals surface area contributed by atoms with Gasteiger partial charge in [-0.15, -0.1) is 0 Å². The highest BCUT2D eigenvalue weighted by Gasteiger charge is 2.39. The molecular weight excluding hydrogens is 245 g/mol. The SMILES string of the molecule is O=C(O)c1ccc(SC(=O)C(F)(F)F)cc1. The molecule has 0 amide bonds. The monoisotopic (exact) mass is 250 g/mol. The summed E-state index contributed by atoms with van der Waals surface area (Å²) in [6.07, 6.45) is -4.89. The summed E-state index contributed by atoms with van der Waals surface area (Å²) in [5.74, 6) is -1.18. The number of hydrogen-bond donors (Lipinski definition) is 1. The van der Waals surface area contributed by atoms with Crippen LogP contribution in [0.4, 0.5) is 13.2 Å². The zero-order valence-corrected chi connectivity index (χ0v) is 8.43. The molecule has 0 radical (unpaired) electrons. The van der Waals surface area contributed by atoms with Crippen LogP contribution in [0.5, 0.6) is 0 Å². The molecule has 0 aliphatic heterocycles. The van der Waals surface area contributed by atoms with E-state index in [9.17, 15) is 22.8 Å². The summed E-state index contributed by atoms with van der Waals surface area (Å²) in [4.78, 5) is 21.1. The lowest BCUT2D eigenvalue weighted by molar-refractivity contribution is -0.160. The van der Waals surface area contributed by atoms with E-state index in [1.807, 2.05) is 0 Å². The van der Waals surface area contributed by atoms with Crippen LogP contribution < -0.4 is 0 Å². The normalized spacial score (nSPS) is 11.2. The van der Waals surface area contributed by atoms with E-state index in [1.54, 1.807) is 0 Å². The Morgan fingerprint density at radius 3 is 2.00 bits per heavy atom. The van der Waals surface area contributed by atoms with E-state index in [0.29, 0.717) is 0 Å². The van der Waals surface area contributed by atoms with Crippen molar-refractivity contribution in [3.05, 3.63) is 29.8 Å². The third-order valence-corrected chi connectivity index (χ3v) is 2.47. The molecule has 0 heterocycles. The molecule has 0 saturated heterocycles. The molecule has 1 rings (SSSR count). The summed E-state index contributed by atoms with van der Waals surface area (Å²) in [6, 6.07) is 4.57. The first kappa shape index (κ1) is 12.6. The lowest BCUT2D eigenvalue weighted by Crippen LogP contribution is -2.18. The summed E-state index contributed by atoms with van der Waals surface area (Å²) in [5.41, 5.74) is -0.0520. The molecule has 1 aromatic rings. The highest BCUT2D eigenvalue weighted by molar-refractivity contribution is 8.13. The van der Waals surface area contributed by atoms with Crippen LogP contribution in [0.15, 0.2) is 29.2 Å². The van der Waals surface area contributed by atoms with Gasteiger partial charge in [-0.1, -0.05) is 0 Å². The average molecular weight is 250 g/mol. The molecule has 0 aromatic heterocycles. The van der Waals surface area contributed by atoms with Crippen molar-refractivity contribution in [2.45, 2.75) is 11.1 Å². The average Bonchev–Trinajstić information content (AvgIpc) is 2.17. The number of carboxylic acids is 1. The molecule has 7 heteroatoms. The van der Waals surface area contributed by atoms with Crippen molar-refractivity contribution in [1.29, 1.82) is 0 Å². The van der Waals surface area contributed by atoms with Gasteiger partial charge in [0, 0.05) is 4.90 Å². The van der Waals surface area contributed by atoms with Crippen LogP contribution in [0.3, 0.4) is 0 Å². The van der Waals surface area contributed by atoms with Gasteiger partial charge in [0.05, 0.1) is 5.56 Å². The minimum absolute atomic E-state index is 0.0141. The highest BCUT2D eigenvalue weighted by Crippen LogP contribution is 2.29. The maximum Gasteiger partial charge on any atom is 0.461 e. The zero-order valence-electron chi connectivity index (χ0n) is 7.62. The fourth-order valence-corrected chi connectivity index (χ4v) is 1.43. The van der Waals surface area contributed by atoms with Crippen LogP contribution >= 0.6 is 11.8 Å². The van der Waals surface area contributed by atoms with Gasteiger partial charge in [0.15, 0.2) is 0 Å². The Balaban J connectivity index is 2.77. The Bertz CT molecular complexity index is 411. The van der Waals surface area contributed by atoms with Gasteiger partial charge >= 0.3 is 12.1 Å². The van der Waals surface area contributed by atoms with Crippen LogP contribution in [-0.2, 0) is 4.79 Å². The number of aromatic carboxylic acids is 1. The second kappa shape index (κ2) is 4.56. The van der Waals surface area contributed by atoms with E-state index in [1.165, 1.54) is 0 Å².